The number of carbonyl (C=O) groups is 1. The molecule has 3 nitrogen and oxygen atoms in total. The van der Waals surface area contributed by atoms with Gasteiger partial charge in [-0.05, 0) is 63.1 Å². The van der Waals surface area contributed by atoms with Crippen molar-refractivity contribution >= 4 is 11.5 Å². The van der Waals surface area contributed by atoms with E-state index in [1.54, 1.807) is 0 Å². The first kappa shape index (κ1) is 17.8. The monoisotopic (exact) mass is 354 g/mol. The van der Waals surface area contributed by atoms with E-state index in [9.17, 15) is 23.1 Å². The van der Waals surface area contributed by atoms with Crippen LogP contribution in [0.2, 0.25) is 0 Å². The summed E-state index contributed by atoms with van der Waals surface area (Å²) >= 11 is 0. The second-order valence-electron chi connectivity index (χ2n) is 7.20. The van der Waals surface area contributed by atoms with Crippen LogP contribution in [-0.4, -0.2) is 22.9 Å². The molecular weight excluding hydrogens is 333 g/mol. The average Bonchev–Trinajstić information content (AvgIpc) is 2.70. The highest BCUT2D eigenvalue weighted by molar-refractivity contribution is 6.20. The zero-order chi connectivity index (χ0) is 18.6. The molecule has 1 aliphatic carbocycles. The molecule has 1 saturated carbocycles. The van der Waals surface area contributed by atoms with Crippen LogP contribution in [0.25, 0.3) is 5.57 Å². The smallest absolute Gasteiger partial charge is 0.391 e. The van der Waals surface area contributed by atoms with Gasteiger partial charge in [-0.25, -0.2) is 4.79 Å². The van der Waals surface area contributed by atoms with E-state index < -0.39 is 23.7 Å². The predicted octanol–water partition coefficient (Wildman–Crippen LogP) is 4.93. The van der Waals surface area contributed by atoms with Gasteiger partial charge in [0, 0.05) is 0 Å². The third kappa shape index (κ3) is 2.92. The number of alkyl halides is 3. The van der Waals surface area contributed by atoms with Crippen molar-refractivity contribution in [1.29, 1.82) is 0 Å². The lowest BCUT2D eigenvalue weighted by molar-refractivity contribution is -0.194. The molecule has 6 heteroatoms. The molecule has 3 rings (SSSR count). The van der Waals surface area contributed by atoms with E-state index in [4.69, 9.17) is 4.74 Å². The maximum absolute atomic E-state index is 12.9. The Bertz CT molecular complexity index is 731. The number of aliphatic hydroxyl groups excluding tert-OH is 1. The lowest BCUT2D eigenvalue weighted by Gasteiger charge is -2.36. The molecule has 1 N–H and O–H groups in total. The first-order chi connectivity index (χ1) is 11.5. The van der Waals surface area contributed by atoms with E-state index in [1.807, 2.05) is 32.9 Å². The number of aliphatic hydroxyl groups is 1. The molecule has 1 aromatic carbocycles. The van der Waals surface area contributed by atoms with Crippen molar-refractivity contribution in [2.24, 2.45) is 5.92 Å². The van der Waals surface area contributed by atoms with Gasteiger partial charge < -0.3 is 9.84 Å². The number of halogens is 3. The van der Waals surface area contributed by atoms with E-state index in [0.717, 1.165) is 16.7 Å². The van der Waals surface area contributed by atoms with Crippen LogP contribution < -0.4 is 0 Å². The number of hydrogen-bond donors (Lipinski definition) is 1. The molecule has 0 saturated heterocycles. The molecule has 1 fully saturated rings. The van der Waals surface area contributed by atoms with Gasteiger partial charge in [-0.3, -0.25) is 0 Å². The van der Waals surface area contributed by atoms with Crippen LogP contribution in [0.3, 0.4) is 0 Å². The maximum Gasteiger partial charge on any atom is 0.391 e. The molecular formula is C19H21F3O3. The zero-order valence-corrected chi connectivity index (χ0v) is 14.5. The van der Waals surface area contributed by atoms with Crippen molar-refractivity contribution < 1.29 is 27.8 Å². The Labute approximate surface area is 144 Å². The van der Waals surface area contributed by atoms with E-state index in [-0.39, 0.29) is 37.0 Å². The van der Waals surface area contributed by atoms with Crippen molar-refractivity contribution in [2.45, 2.75) is 58.2 Å². The minimum Gasteiger partial charge on any atom is -0.507 e. The maximum atomic E-state index is 12.9. The topological polar surface area (TPSA) is 46.5 Å². The molecule has 1 aromatic rings. The van der Waals surface area contributed by atoms with E-state index in [0.29, 0.717) is 5.56 Å². The summed E-state index contributed by atoms with van der Waals surface area (Å²) in [6, 6.07) is 3.81. The largest absolute Gasteiger partial charge is 0.507 e. The van der Waals surface area contributed by atoms with Gasteiger partial charge in [0.1, 0.15) is 5.57 Å². The molecule has 0 bridgehead atoms. The molecule has 2 aliphatic rings. The fourth-order valence-electron chi connectivity index (χ4n) is 4.15. The quantitative estimate of drug-likeness (QED) is 0.728. The number of esters is 1. The highest BCUT2D eigenvalue weighted by atomic mass is 19.4. The summed E-state index contributed by atoms with van der Waals surface area (Å²) in [6.45, 7) is 5.62. The first-order valence-electron chi connectivity index (χ1n) is 8.37. The van der Waals surface area contributed by atoms with Crippen molar-refractivity contribution in [3.05, 3.63) is 40.1 Å². The van der Waals surface area contributed by atoms with Crippen LogP contribution >= 0.6 is 0 Å². The van der Waals surface area contributed by atoms with Crippen molar-refractivity contribution in [2.75, 3.05) is 0 Å². The molecule has 0 amide bonds. The molecule has 0 unspecified atom stereocenters. The van der Waals surface area contributed by atoms with Crippen LogP contribution in [0.1, 0.15) is 47.9 Å². The summed E-state index contributed by atoms with van der Waals surface area (Å²) in [5.74, 6) is -2.28. The Morgan fingerprint density at radius 2 is 1.64 bits per heavy atom. The van der Waals surface area contributed by atoms with Crippen LogP contribution in [0.4, 0.5) is 13.2 Å². The second kappa shape index (κ2) is 5.78. The number of rotatable bonds is 1. The van der Waals surface area contributed by atoms with Crippen molar-refractivity contribution in [1.82, 2.24) is 0 Å². The molecule has 0 aromatic heterocycles. The minimum atomic E-state index is -4.25. The number of hydrogen-bond acceptors (Lipinski definition) is 3. The lowest BCUT2D eigenvalue weighted by Crippen LogP contribution is -2.40. The number of ether oxygens (including phenoxy) is 1. The highest BCUT2D eigenvalue weighted by Gasteiger charge is 2.54. The first-order valence-corrected chi connectivity index (χ1v) is 8.37. The third-order valence-electron chi connectivity index (χ3n) is 5.34. The van der Waals surface area contributed by atoms with E-state index in [2.05, 4.69) is 0 Å². The van der Waals surface area contributed by atoms with E-state index >= 15 is 0 Å². The zero-order valence-electron chi connectivity index (χ0n) is 14.5. The summed E-state index contributed by atoms with van der Waals surface area (Å²) in [4.78, 5) is 12.5. The highest BCUT2D eigenvalue weighted by Crippen LogP contribution is 2.50. The minimum absolute atomic E-state index is 0.0117. The van der Waals surface area contributed by atoms with Gasteiger partial charge in [-0.2, -0.15) is 13.2 Å². The summed E-state index contributed by atoms with van der Waals surface area (Å²) in [5, 5.41) is 10.7. The summed E-state index contributed by atoms with van der Waals surface area (Å²) in [6.07, 6.45) is -4.58. The number of aryl methyl sites for hydroxylation is 3. The van der Waals surface area contributed by atoms with Gasteiger partial charge in [-0.1, -0.05) is 17.7 Å². The molecule has 1 aliphatic heterocycles. The second-order valence-corrected chi connectivity index (χ2v) is 7.20. The SMILES string of the molecule is Cc1cc(C)c(C2=C(O)C3(CCC(C(F)(F)F)CC3)OC2=O)c(C)c1. The molecule has 0 atom stereocenters. The standard InChI is InChI=1S/C19H21F3O3/c1-10-8-11(2)14(12(3)9-10)15-16(23)18(25-17(15)24)6-4-13(5-7-18)19(20,21)22/h8-9,13,23H,4-7H2,1-3H3. The summed E-state index contributed by atoms with van der Waals surface area (Å²) in [7, 11) is 0. The average molecular weight is 354 g/mol. The number of carbonyl (C=O) groups excluding carboxylic acids is 1. The van der Waals surface area contributed by atoms with Gasteiger partial charge >= 0.3 is 12.1 Å². The van der Waals surface area contributed by atoms with Crippen molar-refractivity contribution in [3.63, 3.8) is 0 Å². The molecule has 136 valence electrons. The normalized spacial score (nSPS) is 27.1. The molecule has 1 heterocycles. The van der Waals surface area contributed by atoms with Crippen LogP contribution in [-0.2, 0) is 9.53 Å². The fourth-order valence-corrected chi connectivity index (χ4v) is 4.15. The Balaban J connectivity index is 1.99. The Morgan fingerprint density at radius 1 is 1.12 bits per heavy atom. The molecule has 25 heavy (non-hydrogen) atoms. The summed E-state index contributed by atoms with van der Waals surface area (Å²) < 4.78 is 44.1. The van der Waals surface area contributed by atoms with Crippen LogP contribution in [0.5, 0.6) is 0 Å². The Hall–Kier alpha value is -1.98. The Kier molecular flexibility index (Phi) is 4.12. The lowest BCUT2D eigenvalue weighted by atomic mass is 9.76. The Morgan fingerprint density at radius 3 is 2.12 bits per heavy atom. The third-order valence-corrected chi connectivity index (χ3v) is 5.34. The van der Waals surface area contributed by atoms with Gasteiger partial charge in [0.15, 0.2) is 11.4 Å². The van der Waals surface area contributed by atoms with Crippen LogP contribution in [0, 0.1) is 26.7 Å². The van der Waals surface area contributed by atoms with Gasteiger partial charge in [0.2, 0.25) is 0 Å². The van der Waals surface area contributed by atoms with Gasteiger partial charge in [-0.15, -0.1) is 0 Å². The predicted molar refractivity (Wildman–Crippen MR) is 87.0 cm³/mol. The number of benzene rings is 1. The fraction of sp³-hybridized carbons (Fsp3) is 0.526. The molecule has 0 radical (unpaired) electrons. The summed E-state index contributed by atoms with van der Waals surface area (Å²) in [5.41, 5.74) is 2.10. The molecule has 1 spiro atoms. The van der Waals surface area contributed by atoms with E-state index in [1.165, 1.54) is 0 Å². The van der Waals surface area contributed by atoms with Gasteiger partial charge in [0.25, 0.3) is 0 Å². The van der Waals surface area contributed by atoms with Gasteiger partial charge in [0.05, 0.1) is 5.92 Å². The van der Waals surface area contributed by atoms with Crippen molar-refractivity contribution in [3.8, 4) is 0 Å². The van der Waals surface area contributed by atoms with Crippen LogP contribution in [0.15, 0.2) is 17.9 Å².